The Labute approximate surface area is 63.3 Å². The fraction of sp³-hybridized carbons (Fsp3) is 0.750. The molecule has 59 valence electrons. The van der Waals surface area contributed by atoms with E-state index in [4.69, 9.17) is 4.84 Å². The Morgan fingerprint density at radius 2 is 2.30 bits per heavy atom. The Morgan fingerprint density at radius 3 is 2.80 bits per heavy atom. The molecule has 0 fully saturated rings. The van der Waals surface area contributed by atoms with E-state index in [9.17, 15) is 0 Å². The molecule has 0 saturated heterocycles. The number of oxime groups is 1. The summed E-state index contributed by atoms with van der Waals surface area (Å²) in [5.74, 6) is 0.553. The molecule has 0 aliphatic rings. The molecule has 0 spiro atoms. The molecule has 0 rings (SSSR count). The van der Waals surface area contributed by atoms with Crippen LogP contribution in [0.1, 0.15) is 26.7 Å². The van der Waals surface area contributed by atoms with Crippen molar-refractivity contribution in [2.24, 2.45) is 11.1 Å². The van der Waals surface area contributed by atoms with Gasteiger partial charge in [0.05, 0.1) is 0 Å². The van der Waals surface area contributed by atoms with Gasteiger partial charge in [0.25, 0.3) is 0 Å². The predicted molar refractivity (Wildman–Crippen MR) is 43.9 cm³/mol. The van der Waals surface area contributed by atoms with Crippen LogP contribution >= 0.6 is 0 Å². The maximum atomic E-state index is 4.94. The third-order valence-electron chi connectivity index (χ3n) is 0.890. The first-order valence-corrected chi connectivity index (χ1v) is 3.70. The summed E-state index contributed by atoms with van der Waals surface area (Å²) in [5, 5.41) is 3.74. The first kappa shape index (κ1) is 9.47. The van der Waals surface area contributed by atoms with Crippen molar-refractivity contribution in [1.29, 1.82) is 0 Å². The van der Waals surface area contributed by atoms with Crippen molar-refractivity contribution in [3.63, 3.8) is 0 Å². The van der Waals surface area contributed by atoms with Crippen molar-refractivity contribution in [1.82, 2.24) is 0 Å². The van der Waals surface area contributed by atoms with Gasteiger partial charge in [-0.1, -0.05) is 25.9 Å². The minimum absolute atomic E-state index is 0.553. The molecule has 0 amide bonds. The summed E-state index contributed by atoms with van der Waals surface area (Å²) in [6.07, 6.45) is 3.54. The van der Waals surface area contributed by atoms with Crippen LogP contribution in [0.2, 0.25) is 0 Å². The average Bonchev–Trinajstić information content (AvgIpc) is 1.87. The van der Waals surface area contributed by atoms with Gasteiger partial charge in [-0.25, -0.2) is 0 Å². The predicted octanol–water partition coefficient (Wildman–Crippen LogP) is 2.26. The van der Waals surface area contributed by atoms with Gasteiger partial charge >= 0.3 is 0 Å². The van der Waals surface area contributed by atoms with Crippen molar-refractivity contribution in [2.45, 2.75) is 26.7 Å². The van der Waals surface area contributed by atoms with Crippen molar-refractivity contribution >= 4 is 6.21 Å². The van der Waals surface area contributed by atoms with Gasteiger partial charge in [-0.3, -0.25) is 0 Å². The fourth-order valence-electron chi connectivity index (χ4n) is 0.389. The standard InChI is InChI=1S/C8H16NO/c1-4-5-6-9-10-7-8(2)3/h6,8H,1,4-5,7H2,2-3H3/b9-6-. The van der Waals surface area contributed by atoms with Crippen LogP contribution in [0.4, 0.5) is 0 Å². The van der Waals surface area contributed by atoms with E-state index in [1.165, 1.54) is 0 Å². The van der Waals surface area contributed by atoms with Gasteiger partial charge in [0.1, 0.15) is 6.61 Å². The number of hydrogen-bond donors (Lipinski definition) is 0. The van der Waals surface area contributed by atoms with E-state index in [1.54, 1.807) is 6.21 Å². The molecule has 0 aromatic rings. The Bertz CT molecular complexity index is 89.3. The molecule has 0 aliphatic carbocycles. The topological polar surface area (TPSA) is 21.6 Å². The lowest BCUT2D eigenvalue weighted by atomic mass is 10.2. The highest BCUT2D eigenvalue weighted by atomic mass is 16.6. The van der Waals surface area contributed by atoms with Gasteiger partial charge in [0, 0.05) is 6.21 Å². The van der Waals surface area contributed by atoms with Crippen LogP contribution in [-0.4, -0.2) is 12.8 Å². The molecule has 0 atom stereocenters. The van der Waals surface area contributed by atoms with Gasteiger partial charge < -0.3 is 4.84 Å². The molecule has 0 N–H and O–H groups in total. The molecule has 2 heteroatoms. The Kier molecular flexibility index (Phi) is 6.24. The molecule has 0 heterocycles. The van der Waals surface area contributed by atoms with Gasteiger partial charge in [0.15, 0.2) is 0 Å². The molecule has 1 radical (unpaired) electrons. The van der Waals surface area contributed by atoms with E-state index >= 15 is 0 Å². The van der Waals surface area contributed by atoms with Crippen LogP contribution in [-0.2, 0) is 4.84 Å². The molecule has 0 aromatic heterocycles. The summed E-state index contributed by atoms with van der Waals surface area (Å²) in [5.41, 5.74) is 0. The lowest BCUT2D eigenvalue weighted by molar-refractivity contribution is 0.119. The van der Waals surface area contributed by atoms with Crippen molar-refractivity contribution < 1.29 is 4.84 Å². The van der Waals surface area contributed by atoms with E-state index in [-0.39, 0.29) is 0 Å². The highest BCUT2D eigenvalue weighted by Gasteiger charge is 1.89. The number of hydrogen-bond acceptors (Lipinski definition) is 2. The average molecular weight is 142 g/mol. The van der Waals surface area contributed by atoms with E-state index in [2.05, 4.69) is 25.9 Å². The molecular weight excluding hydrogens is 126 g/mol. The zero-order valence-corrected chi connectivity index (χ0v) is 6.84. The molecule has 0 unspecified atom stereocenters. The van der Waals surface area contributed by atoms with Gasteiger partial charge in [-0.05, 0) is 18.8 Å². The second-order valence-corrected chi connectivity index (χ2v) is 2.62. The van der Waals surface area contributed by atoms with Crippen molar-refractivity contribution in [2.75, 3.05) is 6.61 Å². The zero-order chi connectivity index (χ0) is 7.82. The van der Waals surface area contributed by atoms with Gasteiger partial charge in [-0.2, -0.15) is 0 Å². The maximum Gasteiger partial charge on any atom is 0.119 e. The Balaban J connectivity index is 3.02. The number of nitrogens with zero attached hydrogens (tertiary/aromatic N) is 1. The SMILES string of the molecule is [CH2]CC/C=N\OCC(C)C. The molecule has 0 saturated carbocycles. The Morgan fingerprint density at radius 1 is 1.60 bits per heavy atom. The second kappa shape index (κ2) is 6.59. The van der Waals surface area contributed by atoms with Crippen LogP contribution in [0, 0.1) is 12.8 Å². The largest absolute Gasteiger partial charge is 0.396 e. The molecular formula is C8H16NO. The van der Waals surface area contributed by atoms with Crippen LogP contribution in [0.15, 0.2) is 5.16 Å². The summed E-state index contributed by atoms with van der Waals surface area (Å²) < 4.78 is 0. The van der Waals surface area contributed by atoms with Crippen LogP contribution in [0.5, 0.6) is 0 Å². The summed E-state index contributed by atoms with van der Waals surface area (Å²) in [7, 11) is 0. The number of rotatable bonds is 5. The highest BCUT2D eigenvalue weighted by Crippen LogP contribution is 1.92. The molecule has 0 aliphatic heterocycles. The first-order chi connectivity index (χ1) is 4.77. The lowest BCUT2D eigenvalue weighted by Gasteiger charge is -2.00. The van der Waals surface area contributed by atoms with Crippen molar-refractivity contribution in [3.8, 4) is 0 Å². The minimum atomic E-state index is 0.553. The van der Waals surface area contributed by atoms with E-state index < -0.39 is 0 Å². The summed E-state index contributed by atoms with van der Waals surface area (Å²) in [6, 6.07) is 0. The van der Waals surface area contributed by atoms with Gasteiger partial charge in [0.2, 0.25) is 0 Å². The summed E-state index contributed by atoms with van der Waals surface area (Å²) in [6.45, 7) is 8.56. The smallest absolute Gasteiger partial charge is 0.119 e. The number of unbranched alkanes of at least 4 members (excludes halogenated alkanes) is 1. The van der Waals surface area contributed by atoms with E-state index in [0.717, 1.165) is 12.8 Å². The summed E-state index contributed by atoms with van der Waals surface area (Å²) >= 11 is 0. The fourth-order valence-corrected chi connectivity index (χ4v) is 0.389. The normalized spacial score (nSPS) is 11.2. The van der Waals surface area contributed by atoms with Crippen LogP contribution < -0.4 is 0 Å². The van der Waals surface area contributed by atoms with E-state index in [0.29, 0.717) is 12.5 Å². The maximum absolute atomic E-state index is 4.94. The van der Waals surface area contributed by atoms with Gasteiger partial charge in [-0.15, -0.1) is 0 Å². The third-order valence-corrected chi connectivity index (χ3v) is 0.890. The lowest BCUT2D eigenvalue weighted by Crippen LogP contribution is -1.96. The Hall–Kier alpha value is -0.530. The monoisotopic (exact) mass is 142 g/mol. The molecule has 0 aromatic carbocycles. The minimum Gasteiger partial charge on any atom is -0.396 e. The quantitative estimate of drug-likeness (QED) is 0.426. The second-order valence-electron chi connectivity index (χ2n) is 2.62. The molecule has 2 nitrogen and oxygen atoms in total. The first-order valence-electron chi connectivity index (χ1n) is 3.70. The summed E-state index contributed by atoms with van der Waals surface area (Å²) in [4.78, 5) is 4.94. The van der Waals surface area contributed by atoms with Crippen molar-refractivity contribution in [3.05, 3.63) is 6.92 Å². The zero-order valence-electron chi connectivity index (χ0n) is 6.84. The van der Waals surface area contributed by atoms with Crippen LogP contribution in [0.3, 0.4) is 0 Å². The van der Waals surface area contributed by atoms with E-state index in [1.807, 2.05) is 0 Å². The molecule has 10 heavy (non-hydrogen) atoms. The third kappa shape index (κ3) is 7.47. The van der Waals surface area contributed by atoms with Crippen LogP contribution in [0.25, 0.3) is 0 Å². The molecule has 0 bridgehead atoms. The highest BCUT2D eigenvalue weighted by molar-refractivity contribution is 5.56.